The molecule has 32 heavy (non-hydrogen) atoms. The molecule has 158 valence electrons. The Morgan fingerprint density at radius 3 is 2.41 bits per heavy atom. The van der Waals surface area contributed by atoms with Crippen LogP contribution in [0.25, 0.3) is 33.9 Å². The number of aryl methyl sites for hydroxylation is 2. The van der Waals surface area contributed by atoms with Crippen LogP contribution < -0.4 is 5.32 Å². The van der Waals surface area contributed by atoms with Crippen molar-refractivity contribution in [2.45, 2.75) is 13.8 Å². The molecule has 0 saturated carbocycles. The molecule has 0 atom stereocenters. The van der Waals surface area contributed by atoms with Crippen molar-refractivity contribution in [2.24, 2.45) is 0 Å². The van der Waals surface area contributed by atoms with Gasteiger partial charge in [-0.25, -0.2) is 9.37 Å². The molecule has 0 aliphatic carbocycles. The van der Waals surface area contributed by atoms with Crippen molar-refractivity contribution in [1.82, 2.24) is 4.98 Å². The van der Waals surface area contributed by atoms with Crippen LogP contribution in [0.1, 0.15) is 21.7 Å². The molecule has 0 radical (unpaired) electrons. The van der Waals surface area contributed by atoms with E-state index in [-0.39, 0.29) is 17.5 Å². The lowest BCUT2D eigenvalue weighted by Crippen LogP contribution is -2.10. The molecule has 0 saturated heterocycles. The van der Waals surface area contributed by atoms with E-state index < -0.39 is 0 Å². The van der Waals surface area contributed by atoms with Crippen LogP contribution in [0.15, 0.2) is 81.6 Å². The molecule has 5 rings (SSSR count). The van der Waals surface area contributed by atoms with Gasteiger partial charge in [0.05, 0.1) is 0 Å². The number of nitrogens with one attached hydrogen (secondary N) is 1. The monoisotopic (exact) mass is 426 g/mol. The number of benzene rings is 3. The fraction of sp³-hybridized carbons (Fsp3) is 0.0769. The normalized spacial score (nSPS) is 11.1. The fourth-order valence-electron chi connectivity index (χ4n) is 3.42. The molecule has 0 bridgehead atoms. The van der Waals surface area contributed by atoms with Crippen molar-refractivity contribution >= 4 is 22.7 Å². The lowest BCUT2D eigenvalue weighted by atomic mass is 10.1. The standard InChI is InChI=1S/C26H19FN2O3/c1-15-3-4-18(13-16(15)2)22-11-12-24(31-22)25(30)28-20-9-10-23-21(14-20)29-26(32-23)17-5-7-19(27)8-6-17/h3-14H,1-2H3,(H,28,30). The summed E-state index contributed by atoms with van der Waals surface area (Å²) in [6.07, 6.45) is 0. The van der Waals surface area contributed by atoms with Crippen molar-refractivity contribution in [1.29, 1.82) is 0 Å². The number of oxazole rings is 1. The lowest BCUT2D eigenvalue weighted by Gasteiger charge is -2.04. The number of fused-ring (bicyclic) bond motifs is 1. The van der Waals surface area contributed by atoms with Crippen molar-refractivity contribution < 1.29 is 18.0 Å². The topological polar surface area (TPSA) is 68.3 Å². The molecule has 0 aliphatic heterocycles. The third kappa shape index (κ3) is 3.78. The van der Waals surface area contributed by atoms with E-state index >= 15 is 0 Å². The highest BCUT2D eigenvalue weighted by Gasteiger charge is 2.15. The van der Waals surface area contributed by atoms with E-state index in [2.05, 4.69) is 17.2 Å². The second-order valence-corrected chi connectivity index (χ2v) is 7.63. The van der Waals surface area contributed by atoms with Gasteiger partial charge in [0.2, 0.25) is 5.89 Å². The second kappa shape index (κ2) is 7.81. The Hall–Kier alpha value is -4.19. The molecular weight excluding hydrogens is 407 g/mol. The van der Waals surface area contributed by atoms with Crippen molar-refractivity contribution in [3.63, 3.8) is 0 Å². The Morgan fingerprint density at radius 1 is 0.844 bits per heavy atom. The minimum Gasteiger partial charge on any atom is -0.451 e. The average Bonchev–Trinajstić information content (AvgIpc) is 3.43. The summed E-state index contributed by atoms with van der Waals surface area (Å²) >= 11 is 0. The Labute approximate surface area is 183 Å². The molecule has 6 heteroatoms. The molecule has 5 nitrogen and oxygen atoms in total. The first-order valence-corrected chi connectivity index (χ1v) is 10.1. The highest BCUT2D eigenvalue weighted by Crippen LogP contribution is 2.28. The van der Waals surface area contributed by atoms with Gasteiger partial charge < -0.3 is 14.2 Å². The van der Waals surface area contributed by atoms with Gasteiger partial charge in [-0.2, -0.15) is 0 Å². The van der Waals surface area contributed by atoms with Gasteiger partial charge in [-0.3, -0.25) is 4.79 Å². The predicted octanol–water partition coefficient (Wildman–Crippen LogP) is 6.76. The van der Waals surface area contributed by atoms with Gasteiger partial charge in [0.1, 0.15) is 17.1 Å². The number of aromatic nitrogens is 1. The lowest BCUT2D eigenvalue weighted by molar-refractivity contribution is 0.0997. The molecule has 0 unspecified atom stereocenters. The summed E-state index contributed by atoms with van der Waals surface area (Å²) in [6.45, 7) is 4.09. The van der Waals surface area contributed by atoms with Crippen LogP contribution in [0.5, 0.6) is 0 Å². The highest BCUT2D eigenvalue weighted by atomic mass is 19.1. The van der Waals surface area contributed by atoms with Crippen LogP contribution in [-0.4, -0.2) is 10.9 Å². The highest BCUT2D eigenvalue weighted by molar-refractivity contribution is 6.03. The maximum Gasteiger partial charge on any atom is 0.291 e. The van der Waals surface area contributed by atoms with Crippen LogP contribution in [-0.2, 0) is 0 Å². The molecule has 1 amide bonds. The predicted molar refractivity (Wildman–Crippen MR) is 121 cm³/mol. The molecule has 2 heterocycles. The number of carbonyl (C=O) groups excluding carboxylic acids is 1. The van der Waals surface area contributed by atoms with E-state index in [1.807, 2.05) is 25.1 Å². The Kier molecular flexibility index (Phi) is 4.82. The zero-order valence-corrected chi connectivity index (χ0v) is 17.5. The van der Waals surface area contributed by atoms with Crippen molar-refractivity contribution in [3.05, 3.63) is 95.5 Å². The van der Waals surface area contributed by atoms with E-state index in [9.17, 15) is 9.18 Å². The number of hydrogen-bond donors (Lipinski definition) is 1. The third-order valence-corrected chi connectivity index (χ3v) is 5.36. The Morgan fingerprint density at radius 2 is 1.62 bits per heavy atom. The molecule has 0 spiro atoms. The van der Waals surface area contributed by atoms with Gasteiger partial charge in [-0.15, -0.1) is 0 Å². The zero-order valence-electron chi connectivity index (χ0n) is 17.5. The maximum absolute atomic E-state index is 13.2. The smallest absolute Gasteiger partial charge is 0.291 e. The number of carbonyl (C=O) groups is 1. The quantitative estimate of drug-likeness (QED) is 0.345. The number of anilines is 1. The van der Waals surface area contributed by atoms with Crippen LogP contribution in [0.3, 0.4) is 0 Å². The van der Waals surface area contributed by atoms with Crippen LogP contribution >= 0.6 is 0 Å². The second-order valence-electron chi connectivity index (χ2n) is 7.63. The summed E-state index contributed by atoms with van der Waals surface area (Å²) in [5.41, 5.74) is 5.65. The van der Waals surface area contributed by atoms with E-state index in [1.54, 1.807) is 42.5 Å². The van der Waals surface area contributed by atoms with Gasteiger partial charge in [-0.05, 0) is 85.6 Å². The van der Waals surface area contributed by atoms with Crippen LogP contribution in [0.4, 0.5) is 10.1 Å². The zero-order chi connectivity index (χ0) is 22.2. The van der Waals surface area contributed by atoms with Gasteiger partial charge in [0, 0.05) is 16.8 Å². The molecule has 0 aliphatic rings. The van der Waals surface area contributed by atoms with E-state index in [1.165, 1.54) is 17.7 Å². The number of amides is 1. The molecule has 2 aromatic heterocycles. The van der Waals surface area contributed by atoms with Crippen LogP contribution in [0, 0.1) is 19.7 Å². The first-order chi connectivity index (χ1) is 15.5. The average molecular weight is 426 g/mol. The van der Waals surface area contributed by atoms with E-state index in [4.69, 9.17) is 8.83 Å². The van der Waals surface area contributed by atoms with Gasteiger partial charge in [0.25, 0.3) is 5.91 Å². The molecule has 0 fully saturated rings. The van der Waals surface area contributed by atoms with Crippen molar-refractivity contribution in [3.8, 4) is 22.8 Å². The third-order valence-electron chi connectivity index (χ3n) is 5.36. The fourth-order valence-corrected chi connectivity index (χ4v) is 3.42. The summed E-state index contributed by atoms with van der Waals surface area (Å²) in [7, 11) is 0. The SMILES string of the molecule is Cc1ccc(-c2ccc(C(=O)Nc3ccc4oc(-c5ccc(F)cc5)nc4c3)o2)cc1C. The molecule has 1 N–H and O–H groups in total. The first kappa shape index (κ1) is 19.8. The number of rotatable bonds is 4. The Balaban J connectivity index is 1.36. The summed E-state index contributed by atoms with van der Waals surface area (Å²) in [5, 5.41) is 2.83. The van der Waals surface area contributed by atoms with Crippen LogP contribution in [0.2, 0.25) is 0 Å². The number of halogens is 1. The van der Waals surface area contributed by atoms with Gasteiger partial charge >= 0.3 is 0 Å². The van der Waals surface area contributed by atoms with Crippen molar-refractivity contribution in [2.75, 3.05) is 5.32 Å². The summed E-state index contributed by atoms with van der Waals surface area (Å²) in [5.74, 6) is 0.544. The first-order valence-electron chi connectivity index (χ1n) is 10.1. The maximum atomic E-state index is 13.2. The van der Waals surface area contributed by atoms with Gasteiger partial charge in [-0.1, -0.05) is 12.1 Å². The molecular formula is C26H19FN2O3. The minimum absolute atomic E-state index is 0.213. The summed E-state index contributed by atoms with van der Waals surface area (Å²) in [6, 6.07) is 20.6. The Bertz CT molecular complexity index is 1450. The number of nitrogens with zero attached hydrogens (tertiary/aromatic N) is 1. The van der Waals surface area contributed by atoms with Gasteiger partial charge in [0.15, 0.2) is 11.3 Å². The molecule has 5 aromatic rings. The summed E-state index contributed by atoms with van der Waals surface area (Å²) < 4.78 is 24.7. The number of furan rings is 1. The van der Waals surface area contributed by atoms with E-state index in [0.29, 0.717) is 34.0 Å². The number of hydrogen-bond acceptors (Lipinski definition) is 4. The summed E-state index contributed by atoms with van der Waals surface area (Å²) in [4.78, 5) is 17.1. The minimum atomic E-state index is -0.360. The molecule has 3 aromatic carbocycles. The van der Waals surface area contributed by atoms with E-state index in [0.717, 1.165) is 11.1 Å². The largest absolute Gasteiger partial charge is 0.451 e.